The Morgan fingerprint density at radius 2 is 1.72 bits per heavy atom. The highest BCUT2D eigenvalue weighted by molar-refractivity contribution is 14.0. The molecule has 2 N–H and O–H groups in total. The van der Waals surface area contributed by atoms with Crippen molar-refractivity contribution >= 4 is 29.9 Å². The smallest absolute Gasteiger partial charge is 0.203 e. The van der Waals surface area contributed by atoms with Crippen molar-refractivity contribution in [2.24, 2.45) is 10.9 Å². The van der Waals surface area contributed by atoms with Crippen LogP contribution in [0.3, 0.4) is 0 Å². The maximum absolute atomic E-state index is 5.62. The zero-order valence-electron chi connectivity index (χ0n) is 18.7. The Morgan fingerprint density at radius 3 is 2.31 bits per heavy atom. The molecule has 0 unspecified atom stereocenters. The van der Waals surface area contributed by atoms with Gasteiger partial charge in [0.25, 0.3) is 0 Å². The second-order valence-electron chi connectivity index (χ2n) is 6.73. The summed E-state index contributed by atoms with van der Waals surface area (Å²) in [4.78, 5) is 4.56. The molecule has 168 valence electrons. The molecule has 0 amide bonds. The number of hydrogen-bond donors (Lipinski definition) is 2. The van der Waals surface area contributed by atoms with Crippen LogP contribution in [-0.2, 0) is 11.2 Å². The van der Waals surface area contributed by atoms with Gasteiger partial charge in [-0.15, -0.1) is 24.0 Å². The van der Waals surface area contributed by atoms with Crippen molar-refractivity contribution in [3.05, 3.63) is 17.7 Å². The van der Waals surface area contributed by atoms with Gasteiger partial charge in [0.05, 0.1) is 34.5 Å². The SMILES string of the molecule is CCNC(=NCCOCCC(C)C)NCCc1ccc(OC)c(OC)c1OC.I. The van der Waals surface area contributed by atoms with E-state index >= 15 is 0 Å². The van der Waals surface area contributed by atoms with Crippen LogP contribution >= 0.6 is 24.0 Å². The molecule has 0 atom stereocenters. The average Bonchev–Trinajstić information content (AvgIpc) is 2.69. The Kier molecular flexibility index (Phi) is 15.6. The van der Waals surface area contributed by atoms with Crippen LogP contribution in [0.15, 0.2) is 17.1 Å². The van der Waals surface area contributed by atoms with E-state index in [1.165, 1.54) is 0 Å². The molecule has 1 aromatic carbocycles. The van der Waals surface area contributed by atoms with Crippen LogP contribution in [0.5, 0.6) is 17.2 Å². The van der Waals surface area contributed by atoms with Crippen LogP contribution in [0.4, 0.5) is 0 Å². The lowest BCUT2D eigenvalue weighted by Gasteiger charge is -2.16. The van der Waals surface area contributed by atoms with Crippen LogP contribution in [0.2, 0.25) is 0 Å². The molecule has 0 radical (unpaired) electrons. The van der Waals surface area contributed by atoms with E-state index in [1.807, 2.05) is 19.1 Å². The van der Waals surface area contributed by atoms with E-state index in [0.29, 0.717) is 42.9 Å². The Hall–Kier alpha value is -1.42. The number of benzene rings is 1. The summed E-state index contributed by atoms with van der Waals surface area (Å²) >= 11 is 0. The molecule has 0 aliphatic rings. The van der Waals surface area contributed by atoms with E-state index in [0.717, 1.165) is 37.5 Å². The number of nitrogens with zero attached hydrogens (tertiary/aromatic N) is 1. The standard InChI is InChI=1S/C21H37N3O4.HI/c1-7-22-21(24-13-15-28-14-11-16(2)3)23-12-10-17-8-9-18(25-4)20(27-6)19(17)26-5;/h8-9,16H,7,10-15H2,1-6H3,(H2,22,23,24);1H. The first-order valence-corrected chi connectivity index (χ1v) is 9.95. The second kappa shape index (κ2) is 16.4. The minimum absolute atomic E-state index is 0. The number of halogens is 1. The van der Waals surface area contributed by atoms with Crippen molar-refractivity contribution in [3.8, 4) is 17.2 Å². The number of hydrogen-bond acceptors (Lipinski definition) is 5. The van der Waals surface area contributed by atoms with E-state index in [4.69, 9.17) is 18.9 Å². The minimum Gasteiger partial charge on any atom is -0.493 e. The molecule has 0 spiro atoms. The average molecular weight is 523 g/mol. The summed E-state index contributed by atoms with van der Waals surface area (Å²) in [5.41, 5.74) is 1.04. The second-order valence-corrected chi connectivity index (χ2v) is 6.73. The summed E-state index contributed by atoms with van der Waals surface area (Å²) in [5, 5.41) is 6.61. The van der Waals surface area contributed by atoms with E-state index in [-0.39, 0.29) is 24.0 Å². The number of nitrogens with one attached hydrogen (secondary N) is 2. The molecule has 29 heavy (non-hydrogen) atoms. The number of aliphatic imine (C=N–C) groups is 1. The van der Waals surface area contributed by atoms with Crippen molar-refractivity contribution in [2.75, 3.05) is 54.2 Å². The van der Waals surface area contributed by atoms with Crippen LogP contribution in [0.1, 0.15) is 32.8 Å². The summed E-state index contributed by atoms with van der Waals surface area (Å²) in [6, 6.07) is 3.89. The molecule has 1 aromatic rings. The first-order chi connectivity index (χ1) is 13.6. The highest BCUT2D eigenvalue weighted by atomic mass is 127. The molecule has 0 bridgehead atoms. The topological polar surface area (TPSA) is 73.3 Å². The molecular weight excluding hydrogens is 485 g/mol. The van der Waals surface area contributed by atoms with Crippen LogP contribution in [0, 0.1) is 5.92 Å². The van der Waals surface area contributed by atoms with Crippen molar-refractivity contribution in [1.29, 1.82) is 0 Å². The number of rotatable bonds is 13. The highest BCUT2D eigenvalue weighted by Gasteiger charge is 2.15. The fraction of sp³-hybridized carbons (Fsp3) is 0.667. The minimum atomic E-state index is 0. The van der Waals surface area contributed by atoms with Gasteiger partial charge in [-0.05, 0) is 31.7 Å². The molecular formula is C21H38IN3O4. The first-order valence-electron chi connectivity index (χ1n) is 9.95. The van der Waals surface area contributed by atoms with Gasteiger partial charge in [-0.1, -0.05) is 19.9 Å². The molecule has 0 aliphatic heterocycles. The molecule has 8 heteroatoms. The Bertz CT molecular complexity index is 598. The normalized spacial score (nSPS) is 11.1. The third-order valence-corrected chi connectivity index (χ3v) is 4.16. The van der Waals surface area contributed by atoms with E-state index in [2.05, 4.69) is 29.5 Å². The van der Waals surface area contributed by atoms with E-state index < -0.39 is 0 Å². The molecule has 0 saturated heterocycles. The lowest BCUT2D eigenvalue weighted by molar-refractivity contribution is 0.130. The molecule has 0 saturated carbocycles. The largest absolute Gasteiger partial charge is 0.493 e. The molecule has 7 nitrogen and oxygen atoms in total. The maximum Gasteiger partial charge on any atom is 0.203 e. The van der Waals surface area contributed by atoms with Crippen molar-refractivity contribution in [3.63, 3.8) is 0 Å². The zero-order chi connectivity index (χ0) is 20.8. The Labute approximate surface area is 192 Å². The fourth-order valence-electron chi connectivity index (χ4n) is 2.66. The summed E-state index contributed by atoms with van der Waals surface area (Å²) in [6.07, 6.45) is 1.84. The van der Waals surface area contributed by atoms with Gasteiger partial charge in [-0.2, -0.15) is 0 Å². The summed E-state index contributed by atoms with van der Waals surface area (Å²) in [6.45, 7) is 10.0. The summed E-state index contributed by atoms with van der Waals surface area (Å²) in [5.74, 6) is 3.42. The number of guanidine groups is 1. The van der Waals surface area contributed by atoms with Crippen molar-refractivity contribution < 1.29 is 18.9 Å². The van der Waals surface area contributed by atoms with Gasteiger partial charge in [-0.25, -0.2) is 0 Å². The van der Waals surface area contributed by atoms with Crippen LogP contribution in [-0.4, -0.2) is 60.1 Å². The molecule has 0 aliphatic carbocycles. The predicted molar refractivity (Wildman–Crippen MR) is 129 cm³/mol. The highest BCUT2D eigenvalue weighted by Crippen LogP contribution is 2.39. The van der Waals surface area contributed by atoms with Crippen molar-refractivity contribution in [1.82, 2.24) is 10.6 Å². The molecule has 0 aromatic heterocycles. The molecule has 0 fully saturated rings. The lowest BCUT2D eigenvalue weighted by atomic mass is 10.1. The van der Waals surface area contributed by atoms with Crippen LogP contribution < -0.4 is 24.8 Å². The predicted octanol–water partition coefficient (Wildman–Crippen LogP) is 3.49. The lowest BCUT2D eigenvalue weighted by Crippen LogP contribution is -2.38. The fourth-order valence-corrected chi connectivity index (χ4v) is 2.66. The first kappa shape index (κ1) is 27.6. The van der Waals surface area contributed by atoms with Gasteiger partial charge in [0.2, 0.25) is 5.75 Å². The van der Waals surface area contributed by atoms with Crippen molar-refractivity contribution in [2.45, 2.75) is 33.6 Å². The van der Waals surface area contributed by atoms with E-state index in [9.17, 15) is 0 Å². The van der Waals surface area contributed by atoms with Gasteiger partial charge in [0.15, 0.2) is 17.5 Å². The third-order valence-electron chi connectivity index (χ3n) is 4.16. The number of methoxy groups -OCH3 is 3. The van der Waals surface area contributed by atoms with E-state index in [1.54, 1.807) is 21.3 Å². The van der Waals surface area contributed by atoms with Crippen LogP contribution in [0.25, 0.3) is 0 Å². The molecule has 0 heterocycles. The Morgan fingerprint density at radius 1 is 1.00 bits per heavy atom. The maximum atomic E-state index is 5.62. The van der Waals surface area contributed by atoms with Gasteiger partial charge in [-0.3, -0.25) is 4.99 Å². The summed E-state index contributed by atoms with van der Waals surface area (Å²) in [7, 11) is 4.87. The number of ether oxygens (including phenoxy) is 4. The van der Waals surface area contributed by atoms with Gasteiger partial charge >= 0.3 is 0 Å². The zero-order valence-corrected chi connectivity index (χ0v) is 21.0. The van der Waals surface area contributed by atoms with Gasteiger partial charge in [0, 0.05) is 25.3 Å². The summed E-state index contributed by atoms with van der Waals surface area (Å²) < 4.78 is 21.9. The monoisotopic (exact) mass is 523 g/mol. The Balaban J connectivity index is 0.00000784. The quantitative estimate of drug-likeness (QED) is 0.179. The van der Waals surface area contributed by atoms with Gasteiger partial charge < -0.3 is 29.6 Å². The third kappa shape index (κ3) is 10.3. The molecule has 1 rings (SSSR count). The van der Waals surface area contributed by atoms with Gasteiger partial charge in [0.1, 0.15) is 0 Å².